The highest BCUT2D eigenvalue weighted by Gasteiger charge is 2.38. The molecule has 4 rings (SSSR count). The van der Waals surface area contributed by atoms with Crippen LogP contribution in [-0.2, 0) is 43.9 Å². The Bertz CT molecular complexity index is 1430. The van der Waals surface area contributed by atoms with Crippen molar-refractivity contribution in [1.82, 2.24) is 9.55 Å². The van der Waals surface area contributed by atoms with Gasteiger partial charge in [0.15, 0.2) is 0 Å². The number of H-pyrrole nitrogens is 1. The Hall–Kier alpha value is -3.08. The summed E-state index contributed by atoms with van der Waals surface area (Å²) < 4.78 is 58.9. The number of rotatable bonds is 9. The number of hydrogen-bond acceptors (Lipinski definition) is 12. The third-order valence-electron chi connectivity index (χ3n) is 6.90. The zero-order valence-corrected chi connectivity index (χ0v) is 25.7. The van der Waals surface area contributed by atoms with Crippen LogP contribution in [0.1, 0.15) is 23.8 Å². The summed E-state index contributed by atoms with van der Waals surface area (Å²) in [6.07, 6.45) is -0.630. The molecule has 5 atom stereocenters. The lowest BCUT2D eigenvalue weighted by atomic mass is 10.1. The third-order valence-corrected chi connectivity index (χ3v) is 7.80. The average Bonchev–Trinajstić information content (AvgIpc) is 3.40. The maximum Gasteiger partial charge on any atom is 0.527 e. The summed E-state index contributed by atoms with van der Waals surface area (Å²) in [6, 6.07) is 5.84. The molecule has 1 aromatic heterocycles. The predicted octanol–water partition coefficient (Wildman–Crippen LogP) is 2.02. The normalized spacial score (nSPS) is 25.3. The van der Waals surface area contributed by atoms with Gasteiger partial charge < -0.3 is 32.9 Å². The predicted molar refractivity (Wildman–Crippen MR) is 157 cm³/mol. The Morgan fingerprint density at radius 3 is 2.44 bits per heavy atom. The fourth-order valence-electron chi connectivity index (χ4n) is 4.66. The number of aromatic nitrogens is 2. The van der Waals surface area contributed by atoms with E-state index in [2.05, 4.69) is 15.0 Å². The number of phosphoric ester groups is 1. The van der Waals surface area contributed by atoms with Gasteiger partial charge in [0.2, 0.25) is 0 Å². The van der Waals surface area contributed by atoms with Crippen molar-refractivity contribution in [1.29, 1.82) is 0 Å². The van der Waals surface area contributed by atoms with Gasteiger partial charge in [0.1, 0.15) is 12.0 Å². The number of nitrogens with one attached hydrogen (secondary N) is 1. The van der Waals surface area contributed by atoms with E-state index in [1.807, 2.05) is 0 Å². The highest BCUT2D eigenvalue weighted by molar-refractivity contribution is 7.47. The Kier molecular flexibility index (Phi) is 13.6. The minimum atomic E-state index is -4.71. The number of aromatic amines is 1. The van der Waals surface area contributed by atoms with E-state index < -0.39 is 50.2 Å². The molecule has 0 radical (unpaired) electrons. The van der Waals surface area contributed by atoms with Crippen molar-refractivity contribution in [2.45, 2.75) is 44.2 Å². The number of nitrogens with zero attached hydrogens (tertiary/aromatic N) is 4. The summed E-state index contributed by atoms with van der Waals surface area (Å²) in [5, 5.41) is 3.69. The Balaban J connectivity index is 1.38. The number of azide groups is 1. The highest BCUT2D eigenvalue weighted by atomic mass is 31.2. The van der Waals surface area contributed by atoms with Gasteiger partial charge in [0.05, 0.1) is 84.3 Å². The monoisotopic (exact) mass is 655 g/mol. The van der Waals surface area contributed by atoms with Gasteiger partial charge in [-0.05, 0) is 24.1 Å². The first kappa shape index (κ1) is 34.8. The van der Waals surface area contributed by atoms with Crippen molar-refractivity contribution >= 4 is 7.82 Å². The highest BCUT2D eigenvalue weighted by Crippen LogP contribution is 2.46. The standard InChI is InChI=1S/C27H38N5O12P/c1-19-16-32(27(34)29-26(19)33)25-15-22(30-31-28)24(43-25)18-42-45(35,36)44-23-5-3-2-4-20(23)14-21-17-40-11-10-38-7-6-37-8-9-39-12-13-41-21/h2-5,16,21-22,24-25H,6-15,17-18H2,1H3,(H,35,36)(H,29,33,34)/t21?,22-,24+,25+/m0/s1. The summed E-state index contributed by atoms with van der Waals surface area (Å²) in [5.41, 5.74) is 8.63. The van der Waals surface area contributed by atoms with E-state index in [4.69, 9.17) is 43.0 Å². The van der Waals surface area contributed by atoms with Gasteiger partial charge in [-0.25, -0.2) is 9.36 Å². The molecule has 2 saturated heterocycles. The largest absolute Gasteiger partial charge is 0.527 e. The van der Waals surface area contributed by atoms with Gasteiger partial charge in [-0.2, -0.15) is 0 Å². The van der Waals surface area contributed by atoms with Crippen molar-refractivity contribution in [3.63, 3.8) is 0 Å². The molecule has 0 aliphatic carbocycles. The molecule has 248 valence electrons. The van der Waals surface area contributed by atoms with E-state index in [1.54, 1.807) is 18.2 Å². The lowest BCUT2D eigenvalue weighted by Crippen LogP contribution is -2.33. The summed E-state index contributed by atoms with van der Waals surface area (Å²) in [6.45, 7) is 4.47. The lowest BCUT2D eigenvalue weighted by molar-refractivity contribution is -0.0452. The second-order valence-electron chi connectivity index (χ2n) is 10.2. The zero-order chi connectivity index (χ0) is 32.1. The van der Waals surface area contributed by atoms with Crippen LogP contribution in [0.5, 0.6) is 5.75 Å². The van der Waals surface area contributed by atoms with Crippen molar-refractivity contribution in [3.8, 4) is 5.75 Å². The molecule has 2 fully saturated rings. The molecule has 2 unspecified atom stereocenters. The van der Waals surface area contributed by atoms with E-state index in [9.17, 15) is 19.0 Å². The molecule has 17 nitrogen and oxygen atoms in total. The number of aryl methyl sites for hydroxylation is 1. The van der Waals surface area contributed by atoms with Gasteiger partial charge in [-0.3, -0.25) is 23.8 Å². The molecule has 2 aliphatic rings. The first-order valence-electron chi connectivity index (χ1n) is 14.4. The van der Waals surface area contributed by atoms with Crippen LogP contribution in [0.2, 0.25) is 0 Å². The molecule has 18 heteroatoms. The van der Waals surface area contributed by atoms with Gasteiger partial charge in [0.25, 0.3) is 5.56 Å². The molecule has 2 N–H and O–H groups in total. The first-order valence-corrected chi connectivity index (χ1v) is 15.9. The van der Waals surface area contributed by atoms with Crippen LogP contribution in [0.3, 0.4) is 0 Å². The maximum absolute atomic E-state index is 13.0. The molecule has 0 bridgehead atoms. The Morgan fingerprint density at radius 1 is 1.07 bits per heavy atom. The van der Waals surface area contributed by atoms with E-state index in [-0.39, 0.29) is 24.3 Å². The fourth-order valence-corrected chi connectivity index (χ4v) is 5.48. The molecular weight excluding hydrogens is 617 g/mol. The van der Waals surface area contributed by atoms with Gasteiger partial charge in [0, 0.05) is 29.5 Å². The average molecular weight is 656 g/mol. The van der Waals surface area contributed by atoms with Crippen LogP contribution in [0, 0.1) is 6.92 Å². The van der Waals surface area contributed by atoms with Crippen LogP contribution < -0.4 is 15.8 Å². The molecule has 0 saturated carbocycles. The summed E-state index contributed by atoms with van der Waals surface area (Å²) in [4.78, 5) is 39.7. The summed E-state index contributed by atoms with van der Waals surface area (Å²) in [5.74, 6) is 0.103. The third kappa shape index (κ3) is 11.0. The summed E-state index contributed by atoms with van der Waals surface area (Å²) >= 11 is 0. The van der Waals surface area contributed by atoms with Gasteiger partial charge >= 0.3 is 13.5 Å². The van der Waals surface area contributed by atoms with E-state index in [0.717, 1.165) is 4.57 Å². The van der Waals surface area contributed by atoms with Crippen molar-refractivity contribution in [3.05, 3.63) is 72.9 Å². The number of ether oxygens (including phenoxy) is 6. The maximum atomic E-state index is 13.0. The van der Waals surface area contributed by atoms with Crippen molar-refractivity contribution < 1.29 is 46.9 Å². The van der Waals surface area contributed by atoms with Crippen LogP contribution in [0.25, 0.3) is 10.4 Å². The number of benzene rings is 1. The second kappa shape index (κ2) is 17.6. The minimum Gasteiger partial charge on any atom is -0.404 e. The topological polar surface area (TPSA) is 215 Å². The summed E-state index contributed by atoms with van der Waals surface area (Å²) in [7, 11) is -4.71. The minimum absolute atomic E-state index is 0.0668. The number of para-hydroxylation sites is 1. The molecule has 0 spiro atoms. The van der Waals surface area contributed by atoms with Crippen LogP contribution in [-0.4, -0.2) is 98.8 Å². The lowest BCUT2D eigenvalue weighted by Gasteiger charge is -2.22. The second-order valence-corrected chi connectivity index (χ2v) is 11.6. The molecule has 1 aromatic carbocycles. The van der Waals surface area contributed by atoms with E-state index in [0.29, 0.717) is 64.8 Å². The van der Waals surface area contributed by atoms with Crippen LogP contribution >= 0.6 is 7.82 Å². The molecule has 0 amide bonds. The van der Waals surface area contributed by atoms with Crippen LogP contribution in [0.15, 0.2) is 45.2 Å². The first-order chi connectivity index (χ1) is 21.8. The van der Waals surface area contributed by atoms with E-state index in [1.165, 1.54) is 19.2 Å². The molecule has 2 aromatic rings. The van der Waals surface area contributed by atoms with E-state index >= 15 is 0 Å². The Morgan fingerprint density at radius 2 is 1.73 bits per heavy atom. The molecule has 2 aliphatic heterocycles. The molecular formula is C27H38N5O12P. The fraction of sp³-hybridized carbons (Fsp3) is 0.630. The molecule has 3 heterocycles. The van der Waals surface area contributed by atoms with Gasteiger partial charge in [-0.1, -0.05) is 23.3 Å². The number of phosphoric acid groups is 1. The molecule has 45 heavy (non-hydrogen) atoms. The SMILES string of the molecule is Cc1cn([C@H]2C[C@H](N=[N+]=[N-])[C@@H](COP(=O)(O)Oc3ccccc3CC3COCCOCCOCCOCCO3)O2)c(=O)[nH]c1=O. The van der Waals surface area contributed by atoms with Crippen molar-refractivity contribution in [2.75, 3.05) is 66.1 Å². The zero-order valence-electron chi connectivity index (χ0n) is 24.9. The smallest absolute Gasteiger partial charge is 0.404 e. The van der Waals surface area contributed by atoms with Crippen molar-refractivity contribution in [2.24, 2.45) is 5.11 Å². The Labute approximate surface area is 258 Å². The number of hydrogen-bond donors (Lipinski definition) is 2. The van der Waals surface area contributed by atoms with Gasteiger partial charge in [-0.15, -0.1) is 0 Å². The quantitative estimate of drug-likeness (QED) is 0.172. The van der Waals surface area contributed by atoms with Crippen LogP contribution in [0.4, 0.5) is 0 Å².